The van der Waals surface area contributed by atoms with Crippen molar-refractivity contribution in [3.63, 3.8) is 0 Å². The number of esters is 1. The number of aliphatic carboxylic acids is 1. The second-order valence-corrected chi connectivity index (χ2v) is 22.9. The van der Waals surface area contributed by atoms with Gasteiger partial charge in [0.2, 0.25) is 6.29 Å². The van der Waals surface area contributed by atoms with Crippen molar-refractivity contribution < 1.29 is 99.0 Å². The summed E-state index contributed by atoms with van der Waals surface area (Å²) in [4.78, 5) is 40.4. The van der Waals surface area contributed by atoms with Gasteiger partial charge in [-0.3, -0.25) is 9.59 Å². The zero-order valence-electron chi connectivity index (χ0n) is 39.9. The Bertz CT molecular complexity index is 1860. The molecule has 20 nitrogen and oxygen atoms in total. The molecule has 0 amide bonds. The van der Waals surface area contributed by atoms with Crippen molar-refractivity contribution >= 4 is 18.2 Å². The van der Waals surface area contributed by atoms with Crippen LogP contribution in [-0.4, -0.2) is 186 Å². The highest BCUT2D eigenvalue weighted by atomic mass is 16.8. The fourth-order valence-corrected chi connectivity index (χ4v) is 15.9. The van der Waals surface area contributed by atoms with Gasteiger partial charge in [-0.1, -0.05) is 27.7 Å². The maximum Gasteiger partial charge on any atom is 0.314 e. The van der Waals surface area contributed by atoms with Crippen LogP contribution in [0.5, 0.6) is 0 Å². The molecule has 0 aromatic rings. The lowest BCUT2D eigenvalue weighted by Gasteiger charge is -2.72. The Kier molecular flexibility index (Phi) is 14.5. The summed E-state index contributed by atoms with van der Waals surface area (Å²) in [5.74, 6) is -2.60. The summed E-state index contributed by atoms with van der Waals surface area (Å²) in [5.41, 5.74) is -3.30. The molecule has 5 saturated carbocycles. The van der Waals surface area contributed by atoms with Crippen LogP contribution in [0, 0.1) is 62.6 Å². The van der Waals surface area contributed by atoms with Gasteiger partial charge in [0.1, 0.15) is 73.4 Å². The zero-order valence-corrected chi connectivity index (χ0v) is 39.9. The molecule has 3 heterocycles. The molecule has 3 aliphatic heterocycles. The molecule has 5 aliphatic carbocycles. The lowest BCUT2D eigenvalue weighted by molar-refractivity contribution is -0.361. The van der Waals surface area contributed by atoms with E-state index in [1.807, 2.05) is 6.92 Å². The molecule has 68 heavy (non-hydrogen) atoms. The number of hydrogen-bond donors (Lipinski definition) is 11. The van der Waals surface area contributed by atoms with E-state index in [9.17, 15) is 70.6 Å². The van der Waals surface area contributed by atoms with Gasteiger partial charge in [0, 0.05) is 5.92 Å². The number of aldehydes is 1. The number of carbonyl (C=O) groups excluding carboxylic acids is 2. The molecule has 0 radical (unpaired) electrons. The number of fused-ring (bicyclic) bond motifs is 7. The highest BCUT2D eigenvalue weighted by molar-refractivity contribution is 5.79. The molecule has 0 bridgehead atoms. The van der Waals surface area contributed by atoms with Crippen LogP contribution in [-0.2, 0) is 42.8 Å². The third kappa shape index (κ3) is 7.84. The standard InChI is InChI=1S/C48H76O20/c1-20(17-49)22-9-14-48(16-15-45(4)23(29(22)48)7-8-26-44(3)12-11-28(51)47(6,42(60)61)27(44)10-13-46(26,45)5)43(62)68-41-36(58)33(55)31(53)25(66-41)19-63-39-37(59)34(56)38(24(18-50)65-39)67-40-35(57)32(54)30(52)21(2)64-40/h17,20-41,50-59H,7-16,18-19H2,1-6H3,(H,60,61). The van der Waals surface area contributed by atoms with E-state index < -0.39 is 134 Å². The van der Waals surface area contributed by atoms with Crippen molar-refractivity contribution in [2.24, 2.45) is 62.6 Å². The van der Waals surface area contributed by atoms with E-state index in [0.29, 0.717) is 44.9 Å². The smallest absolute Gasteiger partial charge is 0.314 e. The van der Waals surface area contributed by atoms with E-state index in [-0.39, 0.29) is 51.8 Å². The molecule has 0 aromatic carbocycles. The Morgan fingerprint density at radius 2 is 1.32 bits per heavy atom. The first-order valence-corrected chi connectivity index (χ1v) is 24.7. The number of ether oxygens (including phenoxy) is 6. The lowest BCUT2D eigenvalue weighted by atomic mass is 9.32. The fraction of sp³-hybridized carbons (Fsp3) is 0.938. The number of carbonyl (C=O) groups is 3. The van der Waals surface area contributed by atoms with Crippen molar-refractivity contribution in [2.45, 2.75) is 204 Å². The Morgan fingerprint density at radius 1 is 0.676 bits per heavy atom. The van der Waals surface area contributed by atoms with E-state index in [1.54, 1.807) is 6.92 Å². The molecular formula is C48H76O20. The highest BCUT2D eigenvalue weighted by Gasteiger charge is 2.73. The molecule has 0 spiro atoms. The second-order valence-electron chi connectivity index (χ2n) is 22.9. The van der Waals surface area contributed by atoms with Crippen LogP contribution in [0.25, 0.3) is 0 Å². The summed E-state index contributed by atoms with van der Waals surface area (Å²) >= 11 is 0. The lowest BCUT2D eigenvalue weighted by Crippen LogP contribution is -2.68. The molecule has 11 N–H and O–H groups in total. The van der Waals surface area contributed by atoms with Crippen molar-refractivity contribution in [3.05, 3.63) is 0 Å². The van der Waals surface area contributed by atoms with Gasteiger partial charge < -0.3 is 89.4 Å². The molecule has 27 unspecified atom stereocenters. The van der Waals surface area contributed by atoms with E-state index in [1.165, 1.54) is 6.92 Å². The average Bonchev–Trinajstić information content (AvgIpc) is 3.71. The molecule has 27 atom stereocenters. The van der Waals surface area contributed by atoms with Crippen LogP contribution in [0.3, 0.4) is 0 Å². The largest absolute Gasteiger partial charge is 0.481 e. The molecule has 8 aliphatic rings. The molecule has 3 saturated heterocycles. The van der Waals surface area contributed by atoms with Crippen molar-refractivity contribution in [1.82, 2.24) is 0 Å². The first-order valence-electron chi connectivity index (χ1n) is 24.7. The number of aliphatic hydroxyl groups is 10. The number of carboxylic acid groups (broad SMARTS) is 1. The van der Waals surface area contributed by atoms with Crippen LogP contribution >= 0.6 is 0 Å². The SMILES string of the molecule is CC(C=O)C1CCC2(C(=O)OC3OC(COC4OC(CO)C(OC5OC(C)C(O)C(O)C5O)C(O)C4O)C(O)C(O)C3O)CCC3(C)C(CCC4C5(C)CCC(O)C(C)(C(=O)O)C5CCC43C)C12. The van der Waals surface area contributed by atoms with E-state index >= 15 is 0 Å². The van der Waals surface area contributed by atoms with Crippen LogP contribution in [0.1, 0.15) is 106 Å². The van der Waals surface area contributed by atoms with Crippen LogP contribution in [0.2, 0.25) is 0 Å². The summed E-state index contributed by atoms with van der Waals surface area (Å²) in [6.45, 7) is 10.4. The third-order valence-corrected chi connectivity index (χ3v) is 20.1. The molecular weight excluding hydrogens is 897 g/mol. The molecule has 0 aromatic heterocycles. The minimum Gasteiger partial charge on any atom is -0.481 e. The number of rotatable bonds is 11. The number of hydrogen-bond acceptors (Lipinski definition) is 19. The van der Waals surface area contributed by atoms with E-state index in [4.69, 9.17) is 28.4 Å². The Labute approximate surface area is 396 Å². The minimum absolute atomic E-state index is 0.0285. The Morgan fingerprint density at radius 3 is 1.99 bits per heavy atom. The first kappa shape index (κ1) is 52.3. The van der Waals surface area contributed by atoms with Crippen molar-refractivity contribution in [3.8, 4) is 0 Å². The molecule has 8 fully saturated rings. The van der Waals surface area contributed by atoms with Gasteiger partial charge in [-0.2, -0.15) is 0 Å². The minimum atomic E-state index is -1.90. The van der Waals surface area contributed by atoms with Gasteiger partial charge in [0.15, 0.2) is 12.6 Å². The molecule has 8 rings (SSSR count). The monoisotopic (exact) mass is 972 g/mol. The summed E-state index contributed by atoms with van der Waals surface area (Å²) in [6, 6.07) is 0. The van der Waals surface area contributed by atoms with Crippen LogP contribution in [0.15, 0.2) is 0 Å². The quantitative estimate of drug-likeness (QED) is 0.0905. The van der Waals surface area contributed by atoms with Gasteiger partial charge in [-0.05, 0) is 124 Å². The van der Waals surface area contributed by atoms with Crippen molar-refractivity contribution in [1.29, 1.82) is 0 Å². The maximum absolute atomic E-state index is 15.0. The number of aliphatic hydroxyl groups excluding tert-OH is 10. The molecule has 388 valence electrons. The highest BCUT2D eigenvalue weighted by Crippen LogP contribution is 2.77. The first-order chi connectivity index (χ1) is 31.9. The molecule has 20 heteroatoms. The number of carboxylic acids is 1. The normalized spacial score (nSPS) is 55.1. The summed E-state index contributed by atoms with van der Waals surface area (Å²) in [5, 5.41) is 118. The van der Waals surface area contributed by atoms with Gasteiger partial charge in [0.25, 0.3) is 0 Å². The fourth-order valence-electron chi connectivity index (χ4n) is 15.9. The predicted molar refractivity (Wildman–Crippen MR) is 231 cm³/mol. The van der Waals surface area contributed by atoms with Gasteiger partial charge >= 0.3 is 11.9 Å². The van der Waals surface area contributed by atoms with Crippen LogP contribution < -0.4 is 0 Å². The average molecular weight is 973 g/mol. The van der Waals surface area contributed by atoms with Gasteiger partial charge in [-0.25, -0.2) is 0 Å². The topological polar surface area (TPSA) is 329 Å². The Balaban J connectivity index is 0.978. The van der Waals surface area contributed by atoms with E-state index in [0.717, 1.165) is 25.5 Å². The summed E-state index contributed by atoms with van der Waals surface area (Å²) < 4.78 is 34.6. The summed E-state index contributed by atoms with van der Waals surface area (Å²) in [7, 11) is 0. The van der Waals surface area contributed by atoms with Gasteiger partial charge in [-0.15, -0.1) is 0 Å². The predicted octanol–water partition coefficient (Wildman–Crippen LogP) is -0.652. The van der Waals surface area contributed by atoms with E-state index in [2.05, 4.69) is 20.8 Å². The summed E-state index contributed by atoms with van der Waals surface area (Å²) in [6.07, 6.45) is -18.7. The van der Waals surface area contributed by atoms with Crippen molar-refractivity contribution in [2.75, 3.05) is 13.2 Å². The maximum atomic E-state index is 15.0. The van der Waals surface area contributed by atoms with Crippen LogP contribution in [0.4, 0.5) is 0 Å². The zero-order chi connectivity index (χ0) is 49.8. The third-order valence-electron chi connectivity index (χ3n) is 20.1. The second kappa shape index (κ2) is 18.8. The van der Waals surface area contributed by atoms with Gasteiger partial charge in [0.05, 0.1) is 36.3 Å². The Hall–Kier alpha value is -1.99.